The maximum atomic E-state index is 11.7. The van der Waals surface area contributed by atoms with Crippen molar-refractivity contribution in [1.82, 2.24) is 5.32 Å². The van der Waals surface area contributed by atoms with Crippen LogP contribution in [0.4, 0.5) is 8.78 Å². The molecule has 1 saturated carbocycles. The molecular weight excluding hydrogens is 148 g/mol. The Morgan fingerprint density at radius 3 is 2.82 bits per heavy atom. The summed E-state index contributed by atoms with van der Waals surface area (Å²) in [7, 11) is 0. The summed E-state index contributed by atoms with van der Waals surface area (Å²) in [6.07, 6.45) is 1.25. The quantitative estimate of drug-likeness (QED) is 0.654. The van der Waals surface area contributed by atoms with Gasteiger partial charge in [-0.1, -0.05) is 13.3 Å². The molecule has 2 atom stereocenters. The first-order valence-electron chi connectivity index (χ1n) is 4.25. The van der Waals surface area contributed by atoms with Gasteiger partial charge in [-0.05, 0) is 18.8 Å². The molecule has 0 spiro atoms. The van der Waals surface area contributed by atoms with Gasteiger partial charge in [-0.3, -0.25) is 0 Å². The largest absolute Gasteiger partial charge is 0.308 e. The number of nitrogens with one attached hydrogen (secondary N) is 1. The van der Waals surface area contributed by atoms with Crippen molar-refractivity contribution in [2.45, 2.75) is 38.7 Å². The molecule has 0 radical (unpaired) electrons. The van der Waals surface area contributed by atoms with Crippen LogP contribution in [-0.2, 0) is 0 Å². The lowest BCUT2D eigenvalue weighted by Gasteiger charge is -2.01. The number of rotatable bonds is 5. The molecule has 66 valence electrons. The fourth-order valence-corrected chi connectivity index (χ4v) is 1.43. The van der Waals surface area contributed by atoms with Gasteiger partial charge in [0.05, 0.1) is 6.54 Å². The maximum absolute atomic E-state index is 11.7. The molecule has 0 bridgehead atoms. The zero-order valence-electron chi connectivity index (χ0n) is 6.82. The third-order valence-corrected chi connectivity index (χ3v) is 2.12. The van der Waals surface area contributed by atoms with Crippen LogP contribution in [0.25, 0.3) is 0 Å². The van der Waals surface area contributed by atoms with E-state index in [9.17, 15) is 8.78 Å². The molecule has 1 nitrogen and oxygen atoms in total. The van der Waals surface area contributed by atoms with Crippen LogP contribution in [0, 0.1) is 5.92 Å². The fraction of sp³-hybridized carbons (Fsp3) is 1.00. The predicted molar refractivity (Wildman–Crippen MR) is 40.8 cm³/mol. The van der Waals surface area contributed by atoms with Crippen LogP contribution in [0.15, 0.2) is 0 Å². The van der Waals surface area contributed by atoms with Gasteiger partial charge in [0, 0.05) is 6.04 Å². The van der Waals surface area contributed by atoms with E-state index in [2.05, 4.69) is 12.2 Å². The summed E-state index contributed by atoms with van der Waals surface area (Å²) in [5, 5.41) is 2.84. The van der Waals surface area contributed by atoms with Gasteiger partial charge >= 0.3 is 0 Å². The van der Waals surface area contributed by atoms with Gasteiger partial charge in [-0.25, -0.2) is 8.78 Å². The topological polar surface area (TPSA) is 12.0 Å². The van der Waals surface area contributed by atoms with E-state index >= 15 is 0 Å². The van der Waals surface area contributed by atoms with Crippen LogP contribution in [-0.4, -0.2) is 19.0 Å². The van der Waals surface area contributed by atoms with Gasteiger partial charge in [-0.2, -0.15) is 0 Å². The first-order chi connectivity index (χ1) is 5.24. The smallest absolute Gasteiger partial charge is 0.250 e. The van der Waals surface area contributed by atoms with E-state index in [4.69, 9.17) is 0 Å². The van der Waals surface area contributed by atoms with Crippen LogP contribution in [0.1, 0.15) is 26.2 Å². The second-order valence-corrected chi connectivity index (χ2v) is 3.19. The van der Waals surface area contributed by atoms with E-state index in [1.807, 2.05) is 0 Å². The molecule has 0 saturated heterocycles. The molecule has 1 N–H and O–H groups in total. The van der Waals surface area contributed by atoms with Crippen molar-refractivity contribution in [3.8, 4) is 0 Å². The minimum Gasteiger partial charge on any atom is -0.308 e. The molecule has 3 heteroatoms. The summed E-state index contributed by atoms with van der Waals surface area (Å²) in [5.41, 5.74) is 0. The SMILES string of the molecule is CCCC1CC1NCC(F)F. The number of halogens is 2. The zero-order valence-corrected chi connectivity index (χ0v) is 6.82. The standard InChI is InChI=1S/C8H15F2N/c1-2-3-6-4-7(6)11-5-8(9)10/h6-8,11H,2-5H2,1H3. The highest BCUT2D eigenvalue weighted by molar-refractivity contribution is 4.92. The van der Waals surface area contributed by atoms with Crippen LogP contribution >= 0.6 is 0 Å². The van der Waals surface area contributed by atoms with Crippen molar-refractivity contribution in [3.63, 3.8) is 0 Å². The fourth-order valence-electron chi connectivity index (χ4n) is 1.43. The molecule has 0 heterocycles. The van der Waals surface area contributed by atoms with E-state index in [1.54, 1.807) is 0 Å². The van der Waals surface area contributed by atoms with Crippen LogP contribution in [0.5, 0.6) is 0 Å². The molecule has 0 amide bonds. The highest BCUT2D eigenvalue weighted by Crippen LogP contribution is 2.34. The summed E-state index contributed by atoms with van der Waals surface area (Å²) in [5.74, 6) is 0.679. The molecule has 0 aliphatic heterocycles. The van der Waals surface area contributed by atoms with Gasteiger partial charge < -0.3 is 5.32 Å². The molecule has 1 fully saturated rings. The van der Waals surface area contributed by atoms with Gasteiger partial charge in [0.1, 0.15) is 0 Å². The number of alkyl halides is 2. The molecule has 0 aromatic carbocycles. The molecule has 0 aromatic rings. The summed E-state index contributed by atoms with van der Waals surface area (Å²) in [4.78, 5) is 0. The first-order valence-corrected chi connectivity index (χ1v) is 4.25. The second kappa shape index (κ2) is 4.00. The zero-order chi connectivity index (χ0) is 8.27. The molecule has 11 heavy (non-hydrogen) atoms. The van der Waals surface area contributed by atoms with Gasteiger partial charge in [0.15, 0.2) is 0 Å². The minimum absolute atomic E-state index is 0.134. The first kappa shape index (κ1) is 8.91. The van der Waals surface area contributed by atoms with Crippen molar-refractivity contribution in [1.29, 1.82) is 0 Å². The van der Waals surface area contributed by atoms with Gasteiger partial charge in [0.2, 0.25) is 0 Å². The van der Waals surface area contributed by atoms with Crippen molar-refractivity contribution >= 4 is 0 Å². The van der Waals surface area contributed by atoms with Gasteiger partial charge in [-0.15, -0.1) is 0 Å². The predicted octanol–water partition coefficient (Wildman–Crippen LogP) is 2.03. The summed E-state index contributed by atoms with van der Waals surface area (Å²) >= 11 is 0. The lowest BCUT2D eigenvalue weighted by molar-refractivity contribution is 0.145. The van der Waals surface area contributed by atoms with E-state index in [0.29, 0.717) is 12.0 Å². The molecule has 1 aliphatic carbocycles. The molecule has 2 unspecified atom stereocenters. The molecule has 0 aromatic heterocycles. The van der Waals surface area contributed by atoms with Crippen LogP contribution in [0.3, 0.4) is 0 Å². The van der Waals surface area contributed by atoms with Crippen molar-refractivity contribution in [2.75, 3.05) is 6.54 Å². The summed E-state index contributed by atoms with van der Waals surface area (Å²) in [6, 6.07) is 0.393. The Morgan fingerprint density at radius 2 is 2.27 bits per heavy atom. The normalized spacial score (nSPS) is 29.5. The minimum atomic E-state index is -2.20. The number of hydrogen-bond donors (Lipinski definition) is 1. The Hall–Kier alpha value is -0.180. The van der Waals surface area contributed by atoms with Crippen LogP contribution in [0.2, 0.25) is 0 Å². The highest BCUT2D eigenvalue weighted by Gasteiger charge is 2.35. The Kier molecular flexibility index (Phi) is 3.24. The van der Waals surface area contributed by atoms with Crippen molar-refractivity contribution in [3.05, 3.63) is 0 Å². The molecule has 1 aliphatic rings. The molecular formula is C8H15F2N. The van der Waals surface area contributed by atoms with Crippen molar-refractivity contribution in [2.24, 2.45) is 5.92 Å². The Bertz CT molecular complexity index is 117. The molecule has 1 rings (SSSR count). The van der Waals surface area contributed by atoms with E-state index in [1.165, 1.54) is 6.42 Å². The second-order valence-electron chi connectivity index (χ2n) is 3.19. The maximum Gasteiger partial charge on any atom is 0.250 e. The van der Waals surface area contributed by atoms with Crippen LogP contribution < -0.4 is 5.32 Å². The summed E-state index contributed by atoms with van der Waals surface area (Å²) in [6.45, 7) is 1.99. The average molecular weight is 163 g/mol. The highest BCUT2D eigenvalue weighted by atomic mass is 19.3. The lowest BCUT2D eigenvalue weighted by atomic mass is 10.2. The van der Waals surface area contributed by atoms with Crippen molar-refractivity contribution < 1.29 is 8.78 Å². The monoisotopic (exact) mass is 163 g/mol. The Labute approximate surface area is 66.2 Å². The Balaban J connectivity index is 1.95. The Morgan fingerprint density at radius 1 is 1.55 bits per heavy atom. The number of hydrogen-bond acceptors (Lipinski definition) is 1. The lowest BCUT2D eigenvalue weighted by Crippen LogP contribution is -2.24. The summed E-state index contributed by atoms with van der Waals surface area (Å²) < 4.78 is 23.3. The third-order valence-electron chi connectivity index (χ3n) is 2.12. The van der Waals surface area contributed by atoms with E-state index < -0.39 is 6.43 Å². The van der Waals surface area contributed by atoms with E-state index in [0.717, 1.165) is 12.8 Å². The van der Waals surface area contributed by atoms with Gasteiger partial charge in [0.25, 0.3) is 6.43 Å². The average Bonchev–Trinajstić information content (AvgIpc) is 2.64. The third kappa shape index (κ3) is 3.14. The van der Waals surface area contributed by atoms with E-state index in [-0.39, 0.29) is 6.54 Å².